The van der Waals surface area contributed by atoms with Gasteiger partial charge in [0.15, 0.2) is 6.61 Å². The summed E-state index contributed by atoms with van der Waals surface area (Å²) in [4.78, 5) is 11.7. The molecule has 0 saturated carbocycles. The van der Waals surface area contributed by atoms with E-state index in [2.05, 4.69) is 24.3 Å². The van der Waals surface area contributed by atoms with Crippen LogP contribution in [0.25, 0.3) is 5.57 Å². The maximum absolute atomic E-state index is 10.6. The lowest BCUT2D eigenvalue weighted by Crippen LogP contribution is -2.09. The Labute approximate surface area is 174 Å². The molecule has 5 heteroatoms. The van der Waals surface area contributed by atoms with E-state index in [1.165, 1.54) is 0 Å². The maximum atomic E-state index is 10.6. The lowest BCUT2D eigenvalue weighted by molar-refractivity contribution is -0.139. The first-order valence-electron chi connectivity index (χ1n) is 9.14. The molecule has 0 fully saturated rings. The molecule has 0 radical (unpaired) electrons. The van der Waals surface area contributed by atoms with Crippen molar-refractivity contribution in [3.8, 4) is 11.5 Å². The number of aliphatic carboxylic acids is 1. The first kappa shape index (κ1) is 20.6. The summed E-state index contributed by atoms with van der Waals surface area (Å²) < 4.78 is 10.7. The van der Waals surface area contributed by atoms with Gasteiger partial charge in [-0.1, -0.05) is 54.6 Å². The van der Waals surface area contributed by atoms with Gasteiger partial charge in [0.2, 0.25) is 0 Å². The molecule has 0 aliphatic rings. The summed E-state index contributed by atoms with van der Waals surface area (Å²) in [6, 6.07) is 25.7. The average molecular weight is 407 g/mol. The summed E-state index contributed by atoms with van der Waals surface area (Å²) >= 11 is 1.70. The van der Waals surface area contributed by atoms with Crippen LogP contribution >= 0.6 is 11.8 Å². The quantitative estimate of drug-likeness (QED) is 0.483. The number of carboxylic acids is 1. The predicted octanol–water partition coefficient (Wildman–Crippen LogP) is 5.38. The van der Waals surface area contributed by atoms with Gasteiger partial charge in [-0.3, -0.25) is 0 Å². The van der Waals surface area contributed by atoms with Gasteiger partial charge in [-0.25, -0.2) is 4.79 Å². The molecule has 0 spiro atoms. The van der Waals surface area contributed by atoms with Crippen LogP contribution in [0.15, 0.2) is 89.8 Å². The summed E-state index contributed by atoms with van der Waals surface area (Å²) in [7, 11) is 1.68. The van der Waals surface area contributed by atoms with Gasteiger partial charge in [0, 0.05) is 16.2 Å². The van der Waals surface area contributed by atoms with Crippen LogP contribution in [0.1, 0.15) is 11.1 Å². The van der Waals surface area contributed by atoms with E-state index >= 15 is 0 Å². The maximum Gasteiger partial charge on any atom is 0.341 e. The smallest absolute Gasteiger partial charge is 0.341 e. The molecule has 0 aliphatic heterocycles. The number of hydrogen-bond donors (Lipinski definition) is 1. The van der Waals surface area contributed by atoms with Crippen LogP contribution in [0.3, 0.4) is 0 Å². The van der Waals surface area contributed by atoms with Crippen LogP contribution in [0.2, 0.25) is 0 Å². The van der Waals surface area contributed by atoms with Crippen LogP contribution in [0.5, 0.6) is 11.5 Å². The number of rotatable bonds is 9. The highest BCUT2D eigenvalue weighted by atomic mass is 32.2. The molecule has 0 heterocycles. The van der Waals surface area contributed by atoms with E-state index in [0.29, 0.717) is 5.75 Å². The van der Waals surface area contributed by atoms with Gasteiger partial charge < -0.3 is 14.6 Å². The lowest BCUT2D eigenvalue weighted by Gasteiger charge is -2.13. The number of benzene rings is 3. The Bertz CT molecular complexity index is 966. The molecule has 148 valence electrons. The third kappa shape index (κ3) is 5.90. The number of hydrogen-bond acceptors (Lipinski definition) is 4. The van der Waals surface area contributed by atoms with Crippen molar-refractivity contribution in [1.29, 1.82) is 0 Å². The molecule has 3 aromatic rings. The van der Waals surface area contributed by atoms with Crippen molar-refractivity contribution >= 4 is 23.3 Å². The summed E-state index contributed by atoms with van der Waals surface area (Å²) in [6.07, 6.45) is 2.20. The SMILES string of the molecule is COc1ccccc1/C(=C/CSc1ccc(OCC(=O)O)cc1)c1ccccc1. The van der Waals surface area contributed by atoms with Crippen molar-refractivity contribution < 1.29 is 19.4 Å². The van der Waals surface area contributed by atoms with Crippen LogP contribution in [0, 0.1) is 0 Å². The van der Waals surface area contributed by atoms with E-state index in [1.807, 2.05) is 48.5 Å². The van der Waals surface area contributed by atoms with Gasteiger partial charge in [0.1, 0.15) is 11.5 Å². The molecule has 1 N–H and O–H groups in total. The molecule has 3 aromatic carbocycles. The van der Waals surface area contributed by atoms with Gasteiger partial charge in [-0.2, -0.15) is 0 Å². The van der Waals surface area contributed by atoms with E-state index < -0.39 is 5.97 Å². The Morgan fingerprint density at radius 3 is 2.34 bits per heavy atom. The second-order valence-electron chi connectivity index (χ2n) is 6.15. The van der Waals surface area contributed by atoms with Crippen LogP contribution < -0.4 is 9.47 Å². The first-order chi connectivity index (χ1) is 14.2. The molecule has 0 aliphatic carbocycles. The fourth-order valence-corrected chi connectivity index (χ4v) is 3.64. The molecule has 3 rings (SSSR count). The minimum atomic E-state index is -0.988. The normalized spacial score (nSPS) is 11.1. The van der Waals surface area contributed by atoms with Crippen LogP contribution in [-0.2, 0) is 4.79 Å². The number of carboxylic acid groups (broad SMARTS) is 1. The van der Waals surface area contributed by atoms with Crippen molar-refractivity contribution in [2.24, 2.45) is 0 Å². The number of carbonyl (C=O) groups is 1. The standard InChI is InChI=1S/C24H22O4S/c1-27-23-10-6-5-9-22(23)21(18-7-3-2-4-8-18)15-16-29-20-13-11-19(12-14-20)28-17-24(25)26/h2-15H,16-17H2,1H3,(H,25,26)/b21-15+. The van der Waals surface area contributed by atoms with Gasteiger partial charge in [-0.15, -0.1) is 11.8 Å². The van der Waals surface area contributed by atoms with E-state index in [0.717, 1.165) is 33.1 Å². The molecule has 0 atom stereocenters. The number of thioether (sulfide) groups is 1. The Kier molecular flexibility index (Phi) is 7.36. The van der Waals surface area contributed by atoms with Gasteiger partial charge in [0.25, 0.3) is 0 Å². The van der Waals surface area contributed by atoms with E-state index in [4.69, 9.17) is 14.6 Å². The molecule has 0 aromatic heterocycles. The van der Waals surface area contributed by atoms with Crippen molar-refractivity contribution in [2.45, 2.75) is 4.90 Å². The van der Waals surface area contributed by atoms with E-state index in [-0.39, 0.29) is 6.61 Å². The minimum absolute atomic E-state index is 0.339. The summed E-state index contributed by atoms with van der Waals surface area (Å²) in [5.41, 5.74) is 3.31. The van der Waals surface area contributed by atoms with Crippen molar-refractivity contribution in [1.82, 2.24) is 0 Å². The second kappa shape index (κ2) is 10.4. The van der Waals surface area contributed by atoms with Crippen LogP contribution in [0.4, 0.5) is 0 Å². The average Bonchev–Trinajstić information content (AvgIpc) is 2.77. The summed E-state index contributed by atoms with van der Waals surface area (Å²) in [5.74, 6) is 1.18. The highest BCUT2D eigenvalue weighted by molar-refractivity contribution is 7.99. The van der Waals surface area contributed by atoms with Crippen molar-refractivity contribution in [3.63, 3.8) is 0 Å². The zero-order valence-electron chi connectivity index (χ0n) is 16.1. The first-order valence-corrected chi connectivity index (χ1v) is 10.1. The topological polar surface area (TPSA) is 55.8 Å². The molecule has 0 saturated heterocycles. The number of ether oxygens (including phenoxy) is 2. The Morgan fingerprint density at radius 1 is 0.966 bits per heavy atom. The van der Waals surface area contributed by atoms with Gasteiger partial charge in [-0.05, 0) is 41.5 Å². The minimum Gasteiger partial charge on any atom is -0.496 e. The second-order valence-corrected chi connectivity index (χ2v) is 7.24. The Hall–Kier alpha value is -3.18. The molecule has 4 nitrogen and oxygen atoms in total. The zero-order chi connectivity index (χ0) is 20.5. The summed E-state index contributed by atoms with van der Waals surface area (Å²) in [5, 5.41) is 8.68. The largest absolute Gasteiger partial charge is 0.496 e. The van der Waals surface area contributed by atoms with Crippen molar-refractivity contribution in [2.75, 3.05) is 19.5 Å². The highest BCUT2D eigenvalue weighted by Crippen LogP contribution is 2.32. The molecular formula is C24H22O4S. The third-order valence-corrected chi connectivity index (χ3v) is 5.14. The van der Waals surface area contributed by atoms with Gasteiger partial charge in [0.05, 0.1) is 7.11 Å². The highest BCUT2D eigenvalue weighted by Gasteiger charge is 2.10. The monoisotopic (exact) mass is 406 g/mol. The zero-order valence-corrected chi connectivity index (χ0v) is 16.9. The summed E-state index contributed by atoms with van der Waals surface area (Å²) in [6.45, 7) is -0.339. The molecule has 0 amide bonds. The molecular weight excluding hydrogens is 384 g/mol. The molecule has 29 heavy (non-hydrogen) atoms. The number of methoxy groups -OCH3 is 1. The van der Waals surface area contributed by atoms with Gasteiger partial charge >= 0.3 is 5.97 Å². The van der Waals surface area contributed by atoms with Crippen LogP contribution in [-0.4, -0.2) is 30.5 Å². The Morgan fingerprint density at radius 2 is 1.66 bits per heavy atom. The fourth-order valence-electron chi connectivity index (χ4n) is 2.87. The fraction of sp³-hybridized carbons (Fsp3) is 0.125. The number of para-hydroxylation sites is 1. The van der Waals surface area contributed by atoms with E-state index in [9.17, 15) is 4.79 Å². The van der Waals surface area contributed by atoms with Crippen molar-refractivity contribution in [3.05, 3.63) is 96.1 Å². The molecule has 0 unspecified atom stereocenters. The van der Waals surface area contributed by atoms with E-state index in [1.54, 1.807) is 31.0 Å². The predicted molar refractivity (Wildman–Crippen MR) is 117 cm³/mol. The lowest BCUT2D eigenvalue weighted by atomic mass is 9.97. The molecule has 0 bridgehead atoms. The Balaban J connectivity index is 1.76. The third-order valence-electron chi connectivity index (χ3n) is 4.21.